The number of benzene rings is 2. The van der Waals surface area contributed by atoms with E-state index in [1.165, 1.54) is 26.2 Å². The SMILES string of the molecule is COc1ccccc1C1C2(C)OC(=N)C1(C#N)C(C#N)(C#N)C(c1ccccc1C(F)(F)F)O2. The lowest BCUT2D eigenvalue weighted by Gasteiger charge is -2.49. The summed E-state index contributed by atoms with van der Waals surface area (Å²) in [6.45, 7) is 1.37. The molecule has 10 heteroatoms. The molecule has 2 aromatic rings. The number of ether oxygens (including phenoxy) is 3. The van der Waals surface area contributed by atoms with Crippen molar-refractivity contribution >= 4 is 5.90 Å². The van der Waals surface area contributed by atoms with Crippen LogP contribution in [0.1, 0.15) is 35.6 Å². The van der Waals surface area contributed by atoms with E-state index >= 15 is 0 Å². The minimum atomic E-state index is -4.83. The highest BCUT2D eigenvalue weighted by atomic mass is 19.4. The van der Waals surface area contributed by atoms with Gasteiger partial charge in [-0.25, -0.2) is 0 Å². The van der Waals surface area contributed by atoms with Gasteiger partial charge < -0.3 is 14.2 Å². The molecule has 4 unspecified atom stereocenters. The van der Waals surface area contributed by atoms with Crippen molar-refractivity contribution in [2.24, 2.45) is 10.8 Å². The number of nitriles is 3. The molecular formula is C24H17F3N4O3. The number of fused-ring (bicyclic) bond motifs is 2. The lowest BCUT2D eigenvalue weighted by molar-refractivity contribution is -0.255. The molecule has 0 radical (unpaired) electrons. The summed E-state index contributed by atoms with van der Waals surface area (Å²) in [7, 11) is 1.38. The van der Waals surface area contributed by atoms with Crippen LogP contribution in [0.5, 0.6) is 5.75 Å². The lowest BCUT2D eigenvalue weighted by atomic mass is 9.52. The molecule has 4 atom stereocenters. The maximum absolute atomic E-state index is 13.9. The first-order valence-corrected chi connectivity index (χ1v) is 10.0. The summed E-state index contributed by atoms with van der Waals surface area (Å²) >= 11 is 0. The normalized spacial score (nSPS) is 29.3. The Kier molecular flexibility index (Phi) is 5.08. The maximum Gasteiger partial charge on any atom is 0.416 e. The molecule has 2 heterocycles. The van der Waals surface area contributed by atoms with Crippen LogP contribution in [0.25, 0.3) is 0 Å². The third-order valence-electron chi connectivity index (χ3n) is 6.52. The van der Waals surface area contributed by atoms with Crippen LogP contribution in [0.15, 0.2) is 48.5 Å². The van der Waals surface area contributed by atoms with E-state index in [1.54, 1.807) is 36.4 Å². The molecule has 2 fully saturated rings. The molecule has 2 aliphatic rings. The summed E-state index contributed by atoms with van der Waals surface area (Å²) in [5.41, 5.74) is -6.17. The molecular weight excluding hydrogens is 449 g/mol. The summed E-state index contributed by atoms with van der Waals surface area (Å²) in [6.07, 6.45) is -6.68. The number of hydrogen-bond acceptors (Lipinski definition) is 7. The summed E-state index contributed by atoms with van der Waals surface area (Å²) in [4.78, 5) is 0. The van der Waals surface area contributed by atoms with E-state index in [-0.39, 0.29) is 5.75 Å². The summed E-state index contributed by atoms with van der Waals surface area (Å²) in [6, 6.07) is 16.3. The minimum absolute atomic E-state index is 0.277. The van der Waals surface area contributed by atoms with Crippen LogP contribution < -0.4 is 4.74 Å². The van der Waals surface area contributed by atoms with Gasteiger partial charge >= 0.3 is 6.18 Å². The molecule has 2 bridgehead atoms. The smallest absolute Gasteiger partial charge is 0.416 e. The number of para-hydroxylation sites is 1. The van der Waals surface area contributed by atoms with Gasteiger partial charge in [0.2, 0.25) is 17.1 Å². The molecule has 34 heavy (non-hydrogen) atoms. The lowest BCUT2D eigenvalue weighted by Crippen LogP contribution is -2.57. The fourth-order valence-corrected chi connectivity index (χ4v) is 5.12. The van der Waals surface area contributed by atoms with E-state index in [9.17, 15) is 29.0 Å². The van der Waals surface area contributed by atoms with E-state index in [4.69, 9.17) is 19.6 Å². The standard InChI is InChI=1S/C24H17F3N4O3/c1-21-18(15-8-4-6-10-17(15)32-2)23(13-30,20(31)34-21)22(11-28,12-29)19(33-21)14-7-3-5-9-16(14)24(25,26)27/h3-10,18-19,31H,1-2H3. The minimum Gasteiger partial charge on any atom is -0.496 e. The van der Waals surface area contributed by atoms with Crippen molar-refractivity contribution in [3.8, 4) is 24.0 Å². The average Bonchev–Trinajstić information content (AvgIpc) is 3.00. The Morgan fingerprint density at radius 2 is 1.56 bits per heavy atom. The Hall–Kier alpha value is -4.07. The molecule has 0 amide bonds. The zero-order valence-corrected chi connectivity index (χ0v) is 18.0. The van der Waals surface area contributed by atoms with Gasteiger partial charge in [-0.2, -0.15) is 29.0 Å². The van der Waals surface area contributed by atoms with Crippen molar-refractivity contribution < 1.29 is 27.4 Å². The van der Waals surface area contributed by atoms with Crippen molar-refractivity contribution in [3.63, 3.8) is 0 Å². The van der Waals surface area contributed by atoms with Gasteiger partial charge in [0.25, 0.3) is 0 Å². The van der Waals surface area contributed by atoms with Crippen LogP contribution in [0.4, 0.5) is 13.2 Å². The van der Waals surface area contributed by atoms with E-state index in [1.807, 2.05) is 6.07 Å². The Morgan fingerprint density at radius 1 is 0.971 bits per heavy atom. The number of alkyl halides is 3. The molecule has 2 saturated heterocycles. The highest BCUT2D eigenvalue weighted by molar-refractivity contribution is 5.90. The van der Waals surface area contributed by atoms with Crippen LogP contribution in [0.2, 0.25) is 0 Å². The van der Waals surface area contributed by atoms with Crippen LogP contribution in [-0.4, -0.2) is 18.8 Å². The number of hydrogen-bond donors (Lipinski definition) is 1. The topological polar surface area (TPSA) is 123 Å². The second-order valence-corrected chi connectivity index (χ2v) is 8.16. The molecule has 0 spiro atoms. The second kappa shape index (κ2) is 7.48. The number of rotatable bonds is 3. The predicted octanol–water partition coefficient (Wildman–Crippen LogP) is 4.84. The summed E-state index contributed by atoms with van der Waals surface area (Å²) < 4.78 is 58.8. The number of methoxy groups -OCH3 is 1. The van der Waals surface area contributed by atoms with Crippen LogP contribution in [-0.2, 0) is 15.7 Å². The van der Waals surface area contributed by atoms with Crippen molar-refractivity contribution in [1.82, 2.24) is 0 Å². The zero-order chi connectivity index (χ0) is 24.9. The van der Waals surface area contributed by atoms with E-state index in [0.29, 0.717) is 5.56 Å². The largest absolute Gasteiger partial charge is 0.496 e. The summed E-state index contributed by atoms with van der Waals surface area (Å²) in [5, 5.41) is 39.6. The number of nitrogens with zero attached hydrogens (tertiary/aromatic N) is 3. The van der Waals surface area contributed by atoms with Crippen LogP contribution >= 0.6 is 0 Å². The van der Waals surface area contributed by atoms with Gasteiger partial charge in [0.05, 0.1) is 36.8 Å². The Labute approximate surface area is 193 Å². The van der Waals surface area contributed by atoms with Crippen molar-refractivity contribution in [3.05, 3.63) is 65.2 Å². The first-order chi connectivity index (χ1) is 16.1. The monoisotopic (exact) mass is 466 g/mol. The second-order valence-electron chi connectivity index (χ2n) is 8.16. The Balaban J connectivity index is 2.08. The van der Waals surface area contributed by atoms with E-state index in [0.717, 1.165) is 12.1 Å². The molecule has 172 valence electrons. The fourth-order valence-electron chi connectivity index (χ4n) is 5.12. The van der Waals surface area contributed by atoms with Crippen molar-refractivity contribution in [1.29, 1.82) is 21.2 Å². The Morgan fingerprint density at radius 3 is 2.12 bits per heavy atom. The van der Waals surface area contributed by atoms with Crippen LogP contribution in [0.3, 0.4) is 0 Å². The highest BCUT2D eigenvalue weighted by Gasteiger charge is 2.80. The van der Waals surface area contributed by atoms with Crippen molar-refractivity contribution in [2.45, 2.75) is 30.9 Å². The quantitative estimate of drug-likeness (QED) is 0.691. The predicted molar refractivity (Wildman–Crippen MR) is 110 cm³/mol. The van der Waals surface area contributed by atoms with Gasteiger partial charge in [-0.15, -0.1) is 0 Å². The van der Waals surface area contributed by atoms with Gasteiger partial charge in [0, 0.05) is 12.5 Å². The van der Waals surface area contributed by atoms with Gasteiger partial charge in [-0.3, -0.25) is 5.41 Å². The average molecular weight is 466 g/mol. The Bertz CT molecular complexity index is 1290. The third kappa shape index (κ3) is 2.74. The highest BCUT2D eigenvalue weighted by Crippen LogP contribution is 2.70. The molecule has 0 aromatic heterocycles. The molecule has 2 aromatic carbocycles. The maximum atomic E-state index is 13.9. The van der Waals surface area contributed by atoms with E-state index in [2.05, 4.69) is 0 Å². The van der Waals surface area contributed by atoms with Crippen LogP contribution in [0, 0.1) is 50.2 Å². The first-order valence-electron chi connectivity index (χ1n) is 10.0. The van der Waals surface area contributed by atoms with Gasteiger partial charge in [0.1, 0.15) is 11.9 Å². The molecule has 7 nitrogen and oxygen atoms in total. The zero-order valence-electron chi connectivity index (χ0n) is 18.0. The first kappa shape index (κ1) is 23.1. The molecule has 2 aliphatic heterocycles. The molecule has 0 saturated carbocycles. The third-order valence-corrected chi connectivity index (χ3v) is 6.52. The van der Waals surface area contributed by atoms with Gasteiger partial charge in [-0.05, 0) is 17.7 Å². The van der Waals surface area contributed by atoms with Gasteiger partial charge in [-0.1, -0.05) is 36.4 Å². The van der Waals surface area contributed by atoms with Gasteiger partial charge in [0.15, 0.2) is 5.41 Å². The molecule has 0 aliphatic carbocycles. The fraction of sp³-hybridized carbons (Fsp3) is 0.333. The molecule has 4 rings (SSSR count). The summed E-state index contributed by atoms with van der Waals surface area (Å²) in [5.74, 6) is -3.55. The van der Waals surface area contributed by atoms with Crippen molar-refractivity contribution in [2.75, 3.05) is 7.11 Å². The number of nitrogens with one attached hydrogen (secondary N) is 1. The number of halogens is 3. The molecule has 1 N–H and O–H groups in total. The van der Waals surface area contributed by atoms with E-state index < -0.39 is 51.8 Å².